The standard InChI is InChI=1S/C23H30N4O7/c1-32-9-10-34-12-11-33-8-7-26-13-15(14-26)24-17-4-2-3-16-20(17)23(31)27(22(16)30)18-5-6-19(28)25-21(18)29/h2-4,15,18,24H,5-14H2,1H3,(H,25,28,29). The number of nitrogens with zero attached hydrogens (tertiary/aromatic N) is 2. The summed E-state index contributed by atoms with van der Waals surface area (Å²) in [5.74, 6) is -2.01. The molecule has 0 saturated carbocycles. The molecule has 1 unspecified atom stereocenters. The third-order valence-corrected chi connectivity index (χ3v) is 6.14. The van der Waals surface area contributed by atoms with Crippen LogP contribution in [0.25, 0.3) is 0 Å². The maximum atomic E-state index is 13.1. The summed E-state index contributed by atoms with van der Waals surface area (Å²) in [5, 5.41) is 5.58. The number of methoxy groups -OCH3 is 1. The first-order chi connectivity index (χ1) is 16.5. The molecule has 0 radical (unpaired) electrons. The molecule has 0 spiro atoms. The summed E-state index contributed by atoms with van der Waals surface area (Å²) in [6.45, 7) is 5.18. The van der Waals surface area contributed by atoms with Gasteiger partial charge in [0.05, 0.1) is 50.2 Å². The van der Waals surface area contributed by atoms with Crippen LogP contribution in [0.3, 0.4) is 0 Å². The number of amides is 4. The van der Waals surface area contributed by atoms with E-state index in [0.717, 1.165) is 24.5 Å². The van der Waals surface area contributed by atoms with Crippen molar-refractivity contribution in [2.45, 2.75) is 24.9 Å². The molecule has 184 valence electrons. The first kappa shape index (κ1) is 24.3. The van der Waals surface area contributed by atoms with Gasteiger partial charge in [0.2, 0.25) is 11.8 Å². The Hall–Kier alpha value is -2.86. The summed E-state index contributed by atoms with van der Waals surface area (Å²) in [5.41, 5.74) is 1.14. The van der Waals surface area contributed by atoms with Gasteiger partial charge in [-0.2, -0.15) is 0 Å². The lowest BCUT2D eigenvalue weighted by Gasteiger charge is -2.40. The van der Waals surface area contributed by atoms with Crippen molar-refractivity contribution in [1.82, 2.24) is 15.1 Å². The topological polar surface area (TPSA) is 127 Å². The average molecular weight is 475 g/mol. The van der Waals surface area contributed by atoms with Gasteiger partial charge in [0.25, 0.3) is 11.8 Å². The molecular weight excluding hydrogens is 444 g/mol. The quantitative estimate of drug-likeness (QED) is 0.314. The highest BCUT2D eigenvalue weighted by atomic mass is 16.5. The summed E-state index contributed by atoms with van der Waals surface area (Å²) in [4.78, 5) is 53.0. The predicted molar refractivity (Wildman–Crippen MR) is 120 cm³/mol. The molecule has 1 atom stereocenters. The lowest BCUT2D eigenvalue weighted by molar-refractivity contribution is -0.136. The summed E-state index contributed by atoms with van der Waals surface area (Å²) < 4.78 is 15.8. The van der Waals surface area contributed by atoms with Gasteiger partial charge in [-0.15, -0.1) is 0 Å². The molecular formula is C23H30N4O7. The number of hydrogen-bond acceptors (Lipinski definition) is 9. The van der Waals surface area contributed by atoms with E-state index in [1.807, 2.05) is 0 Å². The van der Waals surface area contributed by atoms with E-state index in [1.165, 1.54) is 0 Å². The zero-order chi connectivity index (χ0) is 24.1. The Bertz CT molecular complexity index is 947. The second-order valence-electron chi connectivity index (χ2n) is 8.49. The minimum Gasteiger partial charge on any atom is -0.382 e. The van der Waals surface area contributed by atoms with Crippen LogP contribution in [0.1, 0.15) is 33.6 Å². The average Bonchev–Trinajstić information content (AvgIpc) is 3.04. The highest BCUT2D eigenvalue weighted by Crippen LogP contribution is 2.33. The molecule has 0 aliphatic carbocycles. The van der Waals surface area contributed by atoms with Gasteiger partial charge < -0.3 is 19.5 Å². The molecule has 3 heterocycles. The number of benzene rings is 1. The molecule has 0 aromatic heterocycles. The van der Waals surface area contributed by atoms with E-state index in [4.69, 9.17) is 14.2 Å². The molecule has 2 saturated heterocycles. The maximum Gasteiger partial charge on any atom is 0.264 e. The van der Waals surface area contributed by atoms with E-state index in [1.54, 1.807) is 25.3 Å². The number of rotatable bonds is 12. The van der Waals surface area contributed by atoms with Gasteiger partial charge in [-0.25, -0.2) is 0 Å². The second-order valence-corrected chi connectivity index (χ2v) is 8.49. The Morgan fingerprint density at radius 1 is 1.00 bits per heavy atom. The maximum absolute atomic E-state index is 13.1. The first-order valence-corrected chi connectivity index (χ1v) is 11.5. The number of nitrogens with one attached hydrogen (secondary N) is 2. The molecule has 1 aromatic carbocycles. The van der Waals surface area contributed by atoms with Crippen molar-refractivity contribution in [2.75, 3.05) is 65.1 Å². The van der Waals surface area contributed by atoms with Crippen LogP contribution in [0.5, 0.6) is 0 Å². The van der Waals surface area contributed by atoms with Crippen molar-refractivity contribution >= 4 is 29.3 Å². The number of likely N-dealkylation sites (tertiary alicyclic amines) is 1. The molecule has 11 nitrogen and oxygen atoms in total. The molecule has 34 heavy (non-hydrogen) atoms. The summed E-state index contributed by atoms with van der Waals surface area (Å²) >= 11 is 0. The van der Waals surface area contributed by atoms with Gasteiger partial charge in [-0.1, -0.05) is 6.07 Å². The van der Waals surface area contributed by atoms with Crippen LogP contribution in [0.4, 0.5) is 5.69 Å². The summed E-state index contributed by atoms with van der Waals surface area (Å²) in [6, 6.07) is 4.25. The summed E-state index contributed by atoms with van der Waals surface area (Å²) in [7, 11) is 1.63. The molecule has 2 N–H and O–H groups in total. The zero-order valence-corrected chi connectivity index (χ0v) is 19.2. The van der Waals surface area contributed by atoms with Crippen molar-refractivity contribution < 1.29 is 33.4 Å². The van der Waals surface area contributed by atoms with Crippen molar-refractivity contribution in [3.8, 4) is 0 Å². The SMILES string of the molecule is COCCOCCOCCN1CC(Nc2cccc3c2C(=O)N(C2CCC(=O)NC2=O)C3=O)C1. The number of piperidine rings is 1. The first-order valence-electron chi connectivity index (χ1n) is 11.5. The minimum atomic E-state index is -0.970. The third-order valence-electron chi connectivity index (χ3n) is 6.14. The lowest BCUT2D eigenvalue weighted by Crippen LogP contribution is -2.55. The molecule has 3 aliphatic heterocycles. The van der Waals surface area contributed by atoms with Crippen LogP contribution in [0, 0.1) is 0 Å². The van der Waals surface area contributed by atoms with Crippen molar-refractivity contribution in [3.05, 3.63) is 29.3 Å². The van der Waals surface area contributed by atoms with Crippen LogP contribution in [0.2, 0.25) is 0 Å². The monoisotopic (exact) mass is 474 g/mol. The highest BCUT2D eigenvalue weighted by Gasteiger charge is 2.45. The van der Waals surface area contributed by atoms with Crippen LogP contribution in [-0.2, 0) is 23.8 Å². The van der Waals surface area contributed by atoms with Crippen LogP contribution in [0.15, 0.2) is 18.2 Å². The minimum absolute atomic E-state index is 0.0946. The van der Waals surface area contributed by atoms with Crippen molar-refractivity contribution in [2.24, 2.45) is 0 Å². The molecule has 0 bridgehead atoms. The predicted octanol–water partition coefficient (Wildman–Crippen LogP) is -0.136. The highest BCUT2D eigenvalue weighted by molar-refractivity contribution is 6.25. The lowest BCUT2D eigenvalue weighted by atomic mass is 10.0. The molecule has 11 heteroatoms. The van der Waals surface area contributed by atoms with Crippen LogP contribution >= 0.6 is 0 Å². The Labute approximate surface area is 197 Å². The molecule has 4 rings (SSSR count). The number of ether oxygens (including phenoxy) is 3. The van der Waals surface area contributed by atoms with E-state index < -0.39 is 29.7 Å². The van der Waals surface area contributed by atoms with Gasteiger partial charge in [-0.05, 0) is 18.6 Å². The van der Waals surface area contributed by atoms with Gasteiger partial charge in [-0.3, -0.25) is 34.3 Å². The molecule has 3 aliphatic rings. The smallest absolute Gasteiger partial charge is 0.264 e. The number of carbonyl (C=O) groups is 4. The van der Waals surface area contributed by atoms with Gasteiger partial charge in [0.1, 0.15) is 6.04 Å². The van der Waals surface area contributed by atoms with Crippen molar-refractivity contribution in [3.63, 3.8) is 0 Å². The Balaban J connectivity index is 1.26. The zero-order valence-electron chi connectivity index (χ0n) is 19.2. The largest absolute Gasteiger partial charge is 0.382 e. The third kappa shape index (κ3) is 5.27. The van der Waals surface area contributed by atoms with Gasteiger partial charge >= 0.3 is 0 Å². The number of fused-ring (bicyclic) bond motifs is 1. The van der Waals surface area contributed by atoms with Crippen LogP contribution < -0.4 is 10.6 Å². The Morgan fingerprint density at radius 2 is 1.74 bits per heavy atom. The number of anilines is 1. The van der Waals surface area contributed by atoms with Crippen molar-refractivity contribution in [1.29, 1.82) is 0 Å². The van der Waals surface area contributed by atoms with E-state index in [0.29, 0.717) is 38.7 Å². The Kier molecular flexibility index (Phi) is 7.88. The number of carbonyl (C=O) groups excluding carboxylic acids is 4. The number of imide groups is 2. The fourth-order valence-corrected chi connectivity index (χ4v) is 4.36. The fraction of sp³-hybridized carbons (Fsp3) is 0.565. The van der Waals surface area contributed by atoms with E-state index in [2.05, 4.69) is 15.5 Å². The Morgan fingerprint density at radius 3 is 2.47 bits per heavy atom. The van der Waals surface area contributed by atoms with E-state index >= 15 is 0 Å². The van der Waals surface area contributed by atoms with Crippen LogP contribution in [-0.4, -0.2) is 105 Å². The summed E-state index contributed by atoms with van der Waals surface area (Å²) in [6.07, 6.45) is 0.231. The molecule has 1 aromatic rings. The second kappa shape index (κ2) is 11.0. The van der Waals surface area contributed by atoms with Gasteiger partial charge in [0.15, 0.2) is 0 Å². The van der Waals surface area contributed by atoms with E-state index in [9.17, 15) is 19.2 Å². The number of hydrogen-bond donors (Lipinski definition) is 2. The van der Waals surface area contributed by atoms with E-state index in [-0.39, 0.29) is 30.0 Å². The molecule has 4 amide bonds. The molecule has 2 fully saturated rings. The normalized spacial score (nSPS) is 21.0. The van der Waals surface area contributed by atoms with Gasteiger partial charge in [0, 0.05) is 38.9 Å². The fourth-order valence-electron chi connectivity index (χ4n) is 4.36.